The van der Waals surface area contributed by atoms with E-state index in [2.05, 4.69) is 15.5 Å². The van der Waals surface area contributed by atoms with Gasteiger partial charge in [0.2, 0.25) is 10.0 Å². The van der Waals surface area contributed by atoms with E-state index in [1.807, 2.05) is 53.7 Å². The van der Waals surface area contributed by atoms with Crippen molar-refractivity contribution in [2.75, 3.05) is 26.2 Å². The van der Waals surface area contributed by atoms with Crippen molar-refractivity contribution in [2.24, 2.45) is 0 Å². The lowest BCUT2D eigenvalue weighted by atomic mass is 9.95. The number of carbonyl (C=O) groups is 1. The second-order valence-corrected chi connectivity index (χ2v) is 10.8. The minimum atomic E-state index is -3.66. The van der Waals surface area contributed by atoms with Crippen LogP contribution in [-0.2, 0) is 10.0 Å². The molecule has 0 aliphatic carbocycles. The Bertz CT molecular complexity index is 1330. The monoisotopic (exact) mass is 482 g/mol. The van der Waals surface area contributed by atoms with Crippen LogP contribution in [0.5, 0.6) is 0 Å². The van der Waals surface area contributed by atoms with Gasteiger partial charge in [0, 0.05) is 31.7 Å². The Balaban J connectivity index is 1.52. The maximum Gasteiger partial charge on any atom is 0.253 e. The number of hydrogen-bond acceptors (Lipinski definition) is 6. The average molecular weight is 483 g/mol. The molecule has 1 aliphatic rings. The number of nitrogens with zero attached hydrogens (tertiary/aromatic N) is 6. The molecule has 34 heavy (non-hydrogen) atoms. The lowest BCUT2D eigenvalue weighted by Gasteiger charge is -2.35. The predicted molar refractivity (Wildman–Crippen MR) is 129 cm³/mol. The number of aryl methyl sites for hydroxylation is 1. The van der Waals surface area contributed by atoms with Gasteiger partial charge in [0.05, 0.1) is 10.6 Å². The van der Waals surface area contributed by atoms with Gasteiger partial charge in [0.1, 0.15) is 6.33 Å². The molecule has 1 aromatic heterocycles. The first-order valence-electron chi connectivity index (χ1n) is 11.2. The number of piperazine rings is 1. The second kappa shape index (κ2) is 8.92. The van der Waals surface area contributed by atoms with Crippen LogP contribution >= 0.6 is 0 Å². The van der Waals surface area contributed by atoms with Gasteiger partial charge < -0.3 is 4.90 Å². The van der Waals surface area contributed by atoms with Gasteiger partial charge in [0.25, 0.3) is 5.91 Å². The van der Waals surface area contributed by atoms with E-state index < -0.39 is 10.0 Å². The summed E-state index contributed by atoms with van der Waals surface area (Å²) in [5.74, 6) is -0.113. The molecule has 0 atom stereocenters. The van der Waals surface area contributed by atoms with Crippen LogP contribution in [0.1, 0.15) is 43.7 Å². The van der Waals surface area contributed by atoms with Gasteiger partial charge in [-0.15, -0.1) is 5.10 Å². The molecule has 0 N–H and O–H groups in total. The van der Waals surface area contributed by atoms with Crippen LogP contribution in [0.4, 0.5) is 0 Å². The lowest BCUT2D eigenvalue weighted by molar-refractivity contribution is 0.0697. The van der Waals surface area contributed by atoms with Crippen molar-refractivity contribution in [3.8, 4) is 5.69 Å². The summed E-state index contributed by atoms with van der Waals surface area (Å²) >= 11 is 0. The highest BCUT2D eigenvalue weighted by Crippen LogP contribution is 2.32. The van der Waals surface area contributed by atoms with Gasteiger partial charge >= 0.3 is 0 Å². The minimum absolute atomic E-state index is 0.113. The molecule has 4 rings (SSSR count). The number of rotatable bonds is 4. The van der Waals surface area contributed by atoms with E-state index in [0.717, 1.165) is 39.1 Å². The highest BCUT2D eigenvalue weighted by Gasteiger charge is 2.33. The van der Waals surface area contributed by atoms with Crippen LogP contribution in [-0.4, -0.2) is 69.9 Å². The number of tetrazole rings is 1. The Kier molecular flexibility index (Phi) is 6.30. The molecule has 9 nitrogen and oxygen atoms in total. The van der Waals surface area contributed by atoms with Crippen LogP contribution in [0.3, 0.4) is 0 Å². The summed E-state index contributed by atoms with van der Waals surface area (Å²) in [4.78, 5) is 15.2. The van der Waals surface area contributed by atoms with Gasteiger partial charge in [-0.3, -0.25) is 4.79 Å². The van der Waals surface area contributed by atoms with E-state index in [4.69, 9.17) is 0 Å². The standard InChI is InChI=1S/C24H30N6O3S/c1-15-13-21(7-8-22(15)30-14-25-26-27-30)24(31)28-9-11-29(12-10-28)34(32,33)23-19(5)17(3)16(2)18(4)20(23)6/h7-8,13-14H,9-12H2,1-6H3. The average Bonchev–Trinajstić information content (AvgIpc) is 3.35. The molecule has 180 valence electrons. The first-order chi connectivity index (χ1) is 16.0. The third-order valence-electron chi connectivity index (χ3n) is 7.09. The Morgan fingerprint density at radius 3 is 1.97 bits per heavy atom. The Labute approximate surface area is 200 Å². The molecule has 0 radical (unpaired) electrons. The molecule has 1 amide bonds. The van der Waals surface area contributed by atoms with E-state index >= 15 is 0 Å². The van der Waals surface area contributed by atoms with Crippen LogP contribution in [0.25, 0.3) is 5.69 Å². The molecule has 3 aromatic rings. The zero-order valence-corrected chi connectivity index (χ0v) is 21.3. The third-order valence-corrected chi connectivity index (χ3v) is 9.27. The van der Waals surface area contributed by atoms with Crippen molar-refractivity contribution in [1.82, 2.24) is 29.4 Å². The highest BCUT2D eigenvalue weighted by atomic mass is 32.2. The molecule has 10 heteroatoms. The largest absolute Gasteiger partial charge is 0.336 e. The number of sulfonamides is 1. The summed E-state index contributed by atoms with van der Waals surface area (Å²) in [6.07, 6.45) is 1.50. The maximum atomic E-state index is 13.6. The van der Waals surface area contributed by atoms with Crippen molar-refractivity contribution in [2.45, 2.75) is 46.4 Å². The molecule has 2 aromatic carbocycles. The number of benzene rings is 2. The fourth-order valence-electron chi connectivity index (χ4n) is 4.61. The normalized spacial score (nSPS) is 15.1. The molecule has 0 bridgehead atoms. The second-order valence-electron chi connectivity index (χ2n) is 8.91. The molecular formula is C24H30N6O3S. The fraction of sp³-hybridized carbons (Fsp3) is 0.417. The molecule has 1 saturated heterocycles. The quantitative estimate of drug-likeness (QED) is 0.567. The van der Waals surface area contributed by atoms with Gasteiger partial charge in [-0.1, -0.05) is 0 Å². The highest BCUT2D eigenvalue weighted by molar-refractivity contribution is 7.89. The molecule has 1 aliphatic heterocycles. The summed E-state index contributed by atoms with van der Waals surface area (Å²) in [5.41, 5.74) is 6.98. The van der Waals surface area contributed by atoms with Gasteiger partial charge in [-0.25, -0.2) is 13.1 Å². The number of hydrogen-bond donors (Lipinski definition) is 0. The zero-order chi connectivity index (χ0) is 24.8. The Hall–Kier alpha value is -3.11. The number of aromatic nitrogens is 4. The minimum Gasteiger partial charge on any atom is -0.336 e. The van der Waals surface area contributed by atoms with Gasteiger partial charge in [-0.05, 0) is 104 Å². The number of amides is 1. The summed E-state index contributed by atoms with van der Waals surface area (Å²) in [6, 6.07) is 5.38. The SMILES string of the molecule is Cc1cc(C(=O)N2CCN(S(=O)(=O)c3c(C)c(C)c(C)c(C)c3C)CC2)ccc1-n1cnnn1. The summed E-state index contributed by atoms with van der Waals surface area (Å²) < 4.78 is 30.2. The van der Waals surface area contributed by atoms with Gasteiger partial charge in [0.15, 0.2) is 0 Å². The van der Waals surface area contributed by atoms with Crippen molar-refractivity contribution >= 4 is 15.9 Å². The van der Waals surface area contributed by atoms with Crippen LogP contribution in [0.15, 0.2) is 29.4 Å². The first-order valence-corrected chi connectivity index (χ1v) is 12.7. The molecule has 2 heterocycles. The van der Waals surface area contributed by atoms with Crippen molar-refractivity contribution < 1.29 is 13.2 Å². The van der Waals surface area contributed by atoms with Gasteiger partial charge in [-0.2, -0.15) is 4.31 Å². The fourth-order valence-corrected chi connectivity index (χ4v) is 6.60. The third kappa shape index (κ3) is 4.01. The summed E-state index contributed by atoms with van der Waals surface area (Å²) in [5, 5.41) is 11.2. The van der Waals surface area contributed by atoms with Crippen molar-refractivity contribution in [1.29, 1.82) is 0 Å². The van der Waals surface area contributed by atoms with Crippen molar-refractivity contribution in [3.63, 3.8) is 0 Å². The Morgan fingerprint density at radius 2 is 1.44 bits per heavy atom. The zero-order valence-electron chi connectivity index (χ0n) is 20.5. The molecular weight excluding hydrogens is 452 g/mol. The summed E-state index contributed by atoms with van der Waals surface area (Å²) in [6.45, 7) is 12.8. The molecule has 0 spiro atoms. The van der Waals surface area contributed by atoms with E-state index in [0.29, 0.717) is 23.5 Å². The molecule has 0 saturated carbocycles. The first kappa shape index (κ1) is 24.0. The maximum absolute atomic E-state index is 13.6. The lowest BCUT2D eigenvalue weighted by Crippen LogP contribution is -2.50. The van der Waals surface area contributed by atoms with E-state index in [1.165, 1.54) is 10.6 Å². The van der Waals surface area contributed by atoms with E-state index in [-0.39, 0.29) is 19.0 Å². The van der Waals surface area contributed by atoms with Crippen molar-refractivity contribution in [3.05, 3.63) is 63.5 Å². The number of carbonyl (C=O) groups excluding carboxylic acids is 1. The summed E-state index contributed by atoms with van der Waals surface area (Å²) in [7, 11) is -3.66. The predicted octanol–water partition coefficient (Wildman–Crippen LogP) is 2.66. The van der Waals surface area contributed by atoms with E-state index in [9.17, 15) is 13.2 Å². The van der Waals surface area contributed by atoms with Crippen LogP contribution in [0, 0.1) is 41.5 Å². The topological polar surface area (TPSA) is 101 Å². The molecule has 1 fully saturated rings. The van der Waals surface area contributed by atoms with Crippen LogP contribution in [0.2, 0.25) is 0 Å². The Morgan fingerprint density at radius 1 is 0.853 bits per heavy atom. The van der Waals surface area contributed by atoms with Crippen LogP contribution < -0.4 is 0 Å². The molecule has 0 unspecified atom stereocenters. The van der Waals surface area contributed by atoms with E-state index in [1.54, 1.807) is 15.6 Å². The smallest absolute Gasteiger partial charge is 0.253 e.